The highest BCUT2D eigenvalue weighted by Gasteiger charge is 2.34. The molecule has 0 radical (unpaired) electrons. The average Bonchev–Trinajstić information content (AvgIpc) is 2.63. The van der Waals surface area contributed by atoms with Gasteiger partial charge in [-0.15, -0.1) is 0 Å². The van der Waals surface area contributed by atoms with Crippen LogP contribution in [0.1, 0.15) is 12.0 Å². The van der Waals surface area contributed by atoms with Crippen molar-refractivity contribution in [1.82, 2.24) is 4.57 Å². The van der Waals surface area contributed by atoms with Gasteiger partial charge in [-0.3, -0.25) is 14.4 Å². The molecular formula is C18H18F3N3O4. The molecule has 0 unspecified atom stereocenters. The Bertz CT molecular complexity index is 908. The molecule has 7 nitrogen and oxygen atoms in total. The van der Waals surface area contributed by atoms with Crippen molar-refractivity contribution in [3.8, 4) is 5.75 Å². The highest BCUT2D eigenvalue weighted by atomic mass is 19.4. The molecule has 0 saturated carbocycles. The number of aromatic nitrogens is 1. The Morgan fingerprint density at radius 2 is 1.82 bits per heavy atom. The van der Waals surface area contributed by atoms with Gasteiger partial charge in [0.1, 0.15) is 17.9 Å². The quantitative estimate of drug-likeness (QED) is 0.771. The van der Waals surface area contributed by atoms with Crippen LogP contribution < -0.4 is 20.9 Å². The molecule has 0 spiro atoms. The van der Waals surface area contributed by atoms with E-state index >= 15 is 0 Å². The van der Waals surface area contributed by atoms with Gasteiger partial charge < -0.3 is 19.9 Å². The zero-order valence-electron chi connectivity index (χ0n) is 14.9. The molecule has 150 valence electrons. The topological polar surface area (TPSA) is 94.6 Å². The van der Waals surface area contributed by atoms with Crippen LogP contribution in [0.2, 0.25) is 0 Å². The van der Waals surface area contributed by atoms with E-state index in [0.29, 0.717) is 22.1 Å². The number of anilines is 1. The molecule has 2 rings (SSSR count). The Morgan fingerprint density at radius 3 is 2.36 bits per heavy atom. The maximum atomic E-state index is 12.9. The molecule has 0 saturated heterocycles. The van der Waals surface area contributed by atoms with Crippen molar-refractivity contribution in [3.63, 3.8) is 0 Å². The number of primary amides is 1. The van der Waals surface area contributed by atoms with Gasteiger partial charge in [0.2, 0.25) is 11.8 Å². The summed E-state index contributed by atoms with van der Waals surface area (Å²) in [5, 5.41) is 0. The molecule has 2 amide bonds. The first-order chi connectivity index (χ1) is 13.1. The molecule has 0 aliphatic carbocycles. The van der Waals surface area contributed by atoms with Gasteiger partial charge in [-0.05, 0) is 36.4 Å². The van der Waals surface area contributed by atoms with E-state index in [0.717, 1.165) is 12.3 Å². The van der Waals surface area contributed by atoms with Crippen molar-refractivity contribution in [2.45, 2.75) is 19.1 Å². The molecule has 0 bridgehead atoms. The number of nitrogens with two attached hydrogens (primary N) is 1. The van der Waals surface area contributed by atoms with Gasteiger partial charge >= 0.3 is 6.18 Å². The maximum Gasteiger partial charge on any atom is 0.421 e. The molecule has 0 atom stereocenters. The number of hydrogen-bond acceptors (Lipinski definition) is 4. The minimum absolute atomic E-state index is 0.0891. The number of halogens is 3. The highest BCUT2D eigenvalue weighted by molar-refractivity contribution is 5.94. The number of hydrogen-bond donors (Lipinski definition) is 1. The number of ether oxygens (including phenoxy) is 1. The van der Waals surface area contributed by atoms with Crippen molar-refractivity contribution < 1.29 is 27.5 Å². The fourth-order valence-electron chi connectivity index (χ4n) is 2.49. The van der Waals surface area contributed by atoms with Crippen molar-refractivity contribution in [3.05, 3.63) is 58.5 Å². The Morgan fingerprint density at radius 1 is 1.18 bits per heavy atom. The minimum Gasteiger partial charge on any atom is -0.497 e. The normalized spacial score (nSPS) is 11.1. The van der Waals surface area contributed by atoms with Crippen LogP contribution in [0.15, 0.2) is 47.4 Å². The number of carbonyl (C=O) groups excluding carboxylic acids is 2. The van der Waals surface area contributed by atoms with Crippen molar-refractivity contribution in [1.29, 1.82) is 0 Å². The van der Waals surface area contributed by atoms with E-state index in [-0.39, 0.29) is 13.0 Å². The van der Waals surface area contributed by atoms with Crippen molar-refractivity contribution in [2.24, 2.45) is 5.73 Å². The molecule has 1 heterocycles. The Labute approximate surface area is 158 Å². The van der Waals surface area contributed by atoms with Crippen LogP contribution in [0.4, 0.5) is 18.9 Å². The summed E-state index contributed by atoms with van der Waals surface area (Å²) in [6.45, 7) is -0.720. The van der Waals surface area contributed by atoms with Gasteiger partial charge in [-0.1, -0.05) is 0 Å². The van der Waals surface area contributed by atoms with Crippen molar-refractivity contribution in [2.75, 3.05) is 18.6 Å². The lowest BCUT2D eigenvalue weighted by Gasteiger charge is -2.23. The van der Waals surface area contributed by atoms with Crippen LogP contribution in [0.25, 0.3) is 0 Å². The van der Waals surface area contributed by atoms with E-state index in [1.807, 2.05) is 0 Å². The number of pyridine rings is 1. The Hall–Kier alpha value is -3.30. The number of amides is 2. The van der Waals surface area contributed by atoms with Crippen LogP contribution in [0, 0.1) is 0 Å². The summed E-state index contributed by atoms with van der Waals surface area (Å²) >= 11 is 0. The van der Waals surface area contributed by atoms with E-state index in [1.165, 1.54) is 12.0 Å². The van der Waals surface area contributed by atoms with E-state index in [4.69, 9.17) is 10.5 Å². The highest BCUT2D eigenvalue weighted by Crippen LogP contribution is 2.26. The van der Waals surface area contributed by atoms with E-state index in [1.54, 1.807) is 24.3 Å². The van der Waals surface area contributed by atoms with Crippen molar-refractivity contribution >= 4 is 17.5 Å². The summed E-state index contributed by atoms with van der Waals surface area (Å²) < 4.78 is 44.4. The number of nitrogens with zero attached hydrogens (tertiary/aromatic N) is 2. The summed E-state index contributed by atoms with van der Waals surface area (Å²) in [4.78, 5) is 37.0. The van der Waals surface area contributed by atoms with Gasteiger partial charge in [0.15, 0.2) is 0 Å². The third-order valence-corrected chi connectivity index (χ3v) is 3.90. The maximum absolute atomic E-state index is 12.9. The third kappa shape index (κ3) is 5.12. The first-order valence-electron chi connectivity index (χ1n) is 8.13. The lowest BCUT2D eigenvalue weighted by molar-refractivity contribution is -0.139. The first kappa shape index (κ1) is 21.0. The predicted octanol–water partition coefficient (Wildman–Crippen LogP) is 1.78. The van der Waals surface area contributed by atoms with Crippen LogP contribution in [-0.2, 0) is 22.3 Å². The molecule has 10 heteroatoms. The second kappa shape index (κ2) is 8.59. The molecule has 0 aliphatic rings. The summed E-state index contributed by atoms with van der Waals surface area (Å²) in [6, 6.07) is 7.95. The van der Waals surface area contributed by atoms with Gasteiger partial charge in [0.05, 0.1) is 7.11 Å². The Balaban J connectivity index is 2.32. The number of benzene rings is 1. The van der Waals surface area contributed by atoms with E-state index in [2.05, 4.69) is 0 Å². The molecule has 0 aliphatic heterocycles. The van der Waals surface area contributed by atoms with E-state index < -0.39 is 35.7 Å². The van der Waals surface area contributed by atoms with Gasteiger partial charge in [-0.25, -0.2) is 0 Å². The number of methoxy groups -OCH3 is 1. The largest absolute Gasteiger partial charge is 0.497 e. The fraction of sp³-hybridized carbons (Fsp3) is 0.278. The predicted molar refractivity (Wildman–Crippen MR) is 94.9 cm³/mol. The molecule has 1 aromatic carbocycles. The van der Waals surface area contributed by atoms with Gasteiger partial charge in [0.25, 0.3) is 5.56 Å². The average molecular weight is 397 g/mol. The molecule has 0 fully saturated rings. The monoisotopic (exact) mass is 397 g/mol. The van der Waals surface area contributed by atoms with Gasteiger partial charge in [0, 0.05) is 24.8 Å². The molecular weight excluding hydrogens is 379 g/mol. The first-order valence-corrected chi connectivity index (χ1v) is 8.13. The summed E-state index contributed by atoms with van der Waals surface area (Å²) in [5.74, 6) is -0.796. The van der Waals surface area contributed by atoms with Crippen LogP contribution in [-0.4, -0.2) is 30.0 Å². The van der Waals surface area contributed by atoms with Crippen LogP contribution >= 0.6 is 0 Å². The second-order valence-corrected chi connectivity index (χ2v) is 5.81. The molecule has 2 N–H and O–H groups in total. The third-order valence-electron chi connectivity index (χ3n) is 3.90. The lowest BCUT2D eigenvalue weighted by Crippen LogP contribution is -2.39. The lowest BCUT2D eigenvalue weighted by atomic mass is 10.2. The number of rotatable bonds is 7. The minimum atomic E-state index is -4.83. The van der Waals surface area contributed by atoms with E-state index in [9.17, 15) is 27.6 Å². The zero-order chi connectivity index (χ0) is 20.9. The SMILES string of the molecule is COc1ccc(N(CCC(N)=O)C(=O)Cn2cccc(C(F)(F)F)c2=O)cc1. The summed E-state index contributed by atoms with van der Waals surface area (Å²) in [7, 11) is 1.46. The zero-order valence-corrected chi connectivity index (χ0v) is 14.9. The number of carbonyl (C=O) groups is 2. The Kier molecular flexibility index (Phi) is 6.45. The molecule has 1 aromatic heterocycles. The van der Waals surface area contributed by atoms with Crippen LogP contribution in [0.3, 0.4) is 0 Å². The van der Waals surface area contributed by atoms with Crippen LogP contribution in [0.5, 0.6) is 5.75 Å². The number of alkyl halides is 3. The fourth-order valence-corrected chi connectivity index (χ4v) is 2.49. The molecule has 2 aromatic rings. The van der Waals surface area contributed by atoms with Gasteiger partial charge in [-0.2, -0.15) is 13.2 Å². The summed E-state index contributed by atoms with van der Waals surface area (Å²) in [6.07, 6.45) is -3.89. The molecule has 28 heavy (non-hydrogen) atoms. The second-order valence-electron chi connectivity index (χ2n) is 5.81. The summed E-state index contributed by atoms with van der Waals surface area (Å²) in [5.41, 5.74) is 2.82. The standard InChI is InChI=1S/C18H18F3N3O4/c1-28-13-6-4-12(5-7-13)24(10-8-15(22)25)16(26)11-23-9-2-3-14(17(23)27)18(19,20)21/h2-7,9H,8,10-11H2,1H3,(H2,22,25). The smallest absolute Gasteiger partial charge is 0.421 e.